The molecule has 0 atom stereocenters. The number of H-pyrrole nitrogens is 1. The van der Waals surface area contributed by atoms with Crippen LogP contribution in [0.1, 0.15) is 10.4 Å². The number of aromatic amines is 1. The lowest BCUT2D eigenvalue weighted by Crippen LogP contribution is -2.22. The van der Waals surface area contributed by atoms with E-state index in [1.807, 2.05) is 0 Å². The van der Waals surface area contributed by atoms with Crippen LogP contribution in [0.25, 0.3) is 0 Å². The summed E-state index contributed by atoms with van der Waals surface area (Å²) in [7, 11) is 3.11. The largest absolute Gasteiger partial charge is 0.497 e. The SMILES string of the molecule is COc1ccc(Oc2cc(NC(=O)c3ccc[nH]c3=O)ccc2OC)cc1. The van der Waals surface area contributed by atoms with Gasteiger partial charge in [0.25, 0.3) is 11.5 Å². The van der Waals surface area contributed by atoms with Crippen LogP contribution in [0.4, 0.5) is 5.69 Å². The molecule has 0 bridgehead atoms. The number of carbonyl (C=O) groups excluding carboxylic acids is 1. The Morgan fingerprint density at radius 2 is 1.67 bits per heavy atom. The van der Waals surface area contributed by atoms with Crippen molar-refractivity contribution in [1.29, 1.82) is 0 Å². The molecular weight excluding hydrogens is 348 g/mol. The number of pyridine rings is 1. The molecule has 0 unspecified atom stereocenters. The van der Waals surface area contributed by atoms with Gasteiger partial charge in [-0.1, -0.05) is 0 Å². The molecule has 0 aliphatic rings. The Labute approximate surface area is 155 Å². The van der Waals surface area contributed by atoms with Gasteiger partial charge in [0, 0.05) is 18.0 Å². The normalized spacial score (nSPS) is 10.1. The molecule has 3 rings (SSSR count). The number of hydrogen-bond donors (Lipinski definition) is 2. The van der Waals surface area contributed by atoms with E-state index in [4.69, 9.17) is 14.2 Å². The summed E-state index contributed by atoms with van der Waals surface area (Å²) in [5, 5.41) is 2.68. The van der Waals surface area contributed by atoms with Gasteiger partial charge in [-0.05, 0) is 48.5 Å². The van der Waals surface area contributed by atoms with E-state index in [0.29, 0.717) is 28.7 Å². The fourth-order valence-corrected chi connectivity index (χ4v) is 2.40. The molecular formula is C20H18N2O5. The Morgan fingerprint density at radius 1 is 0.926 bits per heavy atom. The van der Waals surface area contributed by atoms with Gasteiger partial charge in [0.2, 0.25) is 0 Å². The van der Waals surface area contributed by atoms with Crippen molar-refractivity contribution < 1.29 is 19.0 Å². The molecule has 3 aromatic rings. The van der Waals surface area contributed by atoms with Gasteiger partial charge < -0.3 is 24.5 Å². The summed E-state index contributed by atoms with van der Waals surface area (Å²) in [4.78, 5) is 26.5. The lowest BCUT2D eigenvalue weighted by molar-refractivity contribution is 0.102. The standard InChI is InChI=1S/C20H18N2O5/c1-25-14-6-8-15(9-7-14)27-18-12-13(5-10-17(18)26-2)22-20(24)16-4-3-11-21-19(16)23/h3-12H,1-2H3,(H,21,23)(H,22,24). The van der Waals surface area contributed by atoms with E-state index in [1.165, 1.54) is 19.4 Å². The Kier molecular flexibility index (Phi) is 5.41. The minimum Gasteiger partial charge on any atom is -0.497 e. The maximum atomic E-state index is 12.3. The fraction of sp³-hybridized carbons (Fsp3) is 0.100. The smallest absolute Gasteiger partial charge is 0.261 e. The van der Waals surface area contributed by atoms with E-state index < -0.39 is 11.5 Å². The van der Waals surface area contributed by atoms with Crippen LogP contribution in [0.2, 0.25) is 0 Å². The summed E-state index contributed by atoms with van der Waals surface area (Å²) >= 11 is 0. The number of benzene rings is 2. The summed E-state index contributed by atoms with van der Waals surface area (Å²) in [5.41, 5.74) is 0.0247. The van der Waals surface area contributed by atoms with E-state index in [1.54, 1.807) is 55.6 Å². The number of aromatic nitrogens is 1. The molecule has 27 heavy (non-hydrogen) atoms. The third-order valence-electron chi connectivity index (χ3n) is 3.77. The monoisotopic (exact) mass is 366 g/mol. The summed E-state index contributed by atoms with van der Waals surface area (Å²) in [6.45, 7) is 0. The molecule has 1 aromatic heterocycles. The first kappa shape index (κ1) is 18.1. The number of rotatable bonds is 6. The quantitative estimate of drug-likeness (QED) is 0.698. The molecule has 1 amide bonds. The third kappa shape index (κ3) is 4.27. The predicted molar refractivity (Wildman–Crippen MR) is 101 cm³/mol. The highest BCUT2D eigenvalue weighted by atomic mass is 16.5. The van der Waals surface area contributed by atoms with E-state index >= 15 is 0 Å². The zero-order valence-corrected chi connectivity index (χ0v) is 14.8. The lowest BCUT2D eigenvalue weighted by atomic mass is 10.2. The van der Waals surface area contributed by atoms with Crippen molar-refractivity contribution in [2.75, 3.05) is 19.5 Å². The zero-order valence-electron chi connectivity index (χ0n) is 14.8. The lowest BCUT2D eigenvalue weighted by Gasteiger charge is -2.13. The number of ether oxygens (including phenoxy) is 3. The highest BCUT2D eigenvalue weighted by molar-refractivity contribution is 6.04. The molecule has 0 radical (unpaired) electrons. The van der Waals surface area contributed by atoms with Gasteiger partial charge >= 0.3 is 0 Å². The minimum absolute atomic E-state index is 0.0194. The van der Waals surface area contributed by atoms with Crippen molar-refractivity contribution in [2.24, 2.45) is 0 Å². The van der Waals surface area contributed by atoms with Crippen LogP contribution in [0, 0.1) is 0 Å². The summed E-state index contributed by atoms with van der Waals surface area (Å²) in [5.74, 6) is 1.70. The number of nitrogens with one attached hydrogen (secondary N) is 2. The number of amides is 1. The molecule has 0 saturated heterocycles. The highest BCUT2D eigenvalue weighted by Gasteiger charge is 2.13. The fourth-order valence-electron chi connectivity index (χ4n) is 2.40. The van der Waals surface area contributed by atoms with Gasteiger partial charge in [-0.25, -0.2) is 0 Å². The maximum absolute atomic E-state index is 12.3. The second kappa shape index (κ2) is 8.09. The second-order valence-electron chi connectivity index (χ2n) is 5.51. The second-order valence-corrected chi connectivity index (χ2v) is 5.51. The summed E-state index contributed by atoms with van der Waals surface area (Å²) in [6, 6.07) is 15.1. The van der Waals surface area contributed by atoms with Crippen LogP contribution in [0.3, 0.4) is 0 Å². The van der Waals surface area contributed by atoms with Gasteiger partial charge in [-0.2, -0.15) is 0 Å². The average molecular weight is 366 g/mol. The summed E-state index contributed by atoms with van der Waals surface area (Å²) in [6.07, 6.45) is 1.47. The van der Waals surface area contributed by atoms with Gasteiger partial charge in [0.05, 0.1) is 14.2 Å². The van der Waals surface area contributed by atoms with Crippen molar-refractivity contribution in [2.45, 2.75) is 0 Å². The highest BCUT2D eigenvalue weighted by Crippen LogP contribution is 2.34. The Bertz CT molecular complexity index is 996. The van der Waals surface area contributed by atoms with Crippen molar-refractivity contribution >= 4 is 11.6 Å². The average Bonchev–Trinajstić information content (AvgIpc) is 2.69. The first-order valence-electron chi connectivity index (χ1n) is 8.09. The summed E-state index contributed by atoms with van der Waals surface area (Å²) < 4.78 is 16.3. The van der Waals surface area contributed by atoms with Crippen LogP contribution in [-0.2, 0) is 0 Å². The molecule has 1 heterocycles. The molecule has 0 saturated carbocycles. The van der Waals surface area contributed by atoms with Crippen LogP contribution in [0.15, 0.2) is 65.6 Å². The minimum atomic E-state index is -0.516. The topological polar surface area (TPSA) is 89.7 Å². The van der Waals surface area contributed by atoms with Crippen LogP contribution in [-0.4, -0.2) is 25.1 Å². The molecule has 7 heteroatoms. The molecule has 0 fully saturated rings. The number of anilines is 1. The molecule has 2 N–H and O–H groups in total. The van der Waals surface area contributed by atoms with Crippen molar-refractivity contribution in [3.63, 3.8) is 0 Å². The van der Waals surface area contributed by atoms with Gasteiger partial charge in [0.15, 0.2) is 11.5 Å². The Morgan fingerprint density at radius 3 is 2.33 bits per heavy atom. The zero-order chi connectivity index (χ0) is 19.2. The van der Waals surface area contributed by atoms with Crippen molar-refractivity contribution in [3.8, 4) is 23.0 Å². The van der Waals surface area contributed by atoms with E-state index in [-0.39, 0.29) is 5.56 Å². The van der Waals surface area contributed by atoms with E-state index in [0.717, 1.165) is 0 Å². The van der Waals surface area contributed by atoms with E-state index in [2.05, 4.69) is 10.3 Å². The maximum Gasteiger partial charge on any atom is 0.261 e. The molecule has 0 aliphatic heterocycles. The first-order chi connectivity index (χ1) is 13.1. The van der Waals surface area contributed by atoms with Gasteiger partial charge in [-0.15, -0.1) is 0 Å². The molecule has 0 aliphatic carbocycles. The van der Waals surface area contributed by atoms with Gasteiger partial charge in [0.1, 0.15) is 17.1 Å². The Hall–Kier alpha value is -3.74. The van der Waals surface area contributed by atoms with Crippen LogP contribution in [0.5, 0.6) is 23.0 Å². The van der Waals surface area contributed by atoms with Crippen LogP contribution >= 0.6 is 0 Å². The molecule has 138 valence electrons. The first-order valence-corrected chi connectivity index (χ1v) is 8.09. The number of hydrogen-bond acceptors (Lipinski definition) is 5. The van der Waals surface area contributed by atoms with Gasteiger partial charge in [-0.3, -0.25) is 9.59 Å². The number of carbonyl (C=O) groups is 1. The predicted octanol–water partition coefficient (Wildman–Crippen LogP) is 3.44. The molecule has 0 spiro atoms. The number of methoxy groups -OCH3 is 2. The molecule has 7 nitrogen and oxygen atoms in total. The van der Waals surface area contributed by atoms with Crippen LogP contribution < -0.4 is 25.1 Å². The van der Waals surface area contributed by atoms with Crippen molar-refractivity contribution in [3.05, 3.63) is 76.7 Å². The third-order valence-corrected chi connectivity index (χ3v) is 3.77. The van der Waals surface area contributed by atoms with E-state index in [9.17, 15) is 9.59 Å². The molecule has 2 aromatic carbocycles. The van der Waals surface area contributed by atoms with Crippen molar-refractivity contribution in [1.82, 2.24) is 4.98 Å². The Balaban J connectivity index is 1.83.